The molecule has 16 heavy (non-hydrogen) atoms. The number of hydrogen-bond donors (Lipinski definition) is 1. The highest BCUT2D eigenvalue weighted by atomic mass is 35.5. The zero-order valence-corrected chi connectivity index (χ0v) is 9.71. The van der Waals surface area contributed by atoms with Gasteiger partial charge in [0.05, 0.1) is 0 Å². The van der Waals surface area contributed by atoms with Gasteiger partial charge in [0.25, 0.3) is 0 Å². The highest BCUT2D eigenvalue weighted by Crippen LogP contribution is 2.07. The van der Waals surface area contributed by atoms with Crippen LogP contribution in [-0.2, 0) is 4.79 Å². The summed E-state index contributed by atoms with van der Waals surface area (Å²) in [5, 5.41) is 3.75. The smallest absolute Gasteiger partial charge is 0.123 e. The normalized spacial score (nSPS) is 16.1. The highest BCUT2D eigenvalue weighted by molar-refractivity contribution is 6.30. The predicted molar refractivity (Wildman–Crippen MR) is 63.1 cm³/mol. The largest absolute Gasteiger partial charge is 0.317 e. The Balaban J connectivity index is 0.000000160. The monoisotopic (exact) mass is 243 g/mol. The van der Waals surface area contributed by atoms with Crippen LogP contribution in [0.15, 0.2) is 24.3 Å². The van der Waals surface area contributed by atoms with Crippen molar-refractivity contribution in [3.8, 4) is 0 Å². The molecule has 1 aromatic carbocycles. The molecule has 4 heteroatoms. The molecule has 2 rings (SSSR count). The second-order valence-corrected chi connectivity index (χ2v) is 4.10. The van der Waals surface area contributed by atoms with Crippen LogP contribution in [0.3, 0.4) is 0 Å². The first kappa shape index (κ1) is 13.1. The van der Waals surface area contributed by atoms with Crippen LogP contribution in [0.25, 0.3) is 0 Å². The molecule has 0 bridgehead atoms. The van der Waals surface area contributed by atoms with E-state index in [1.807, 2.05) is 0 Å². The number of carbonyl (C=O) groups excluding carboxylic acids is 1. The van der Waals surface area contributed by atoms with Crippen molar-refractivity contribution in [2.45, 2.75) is 12.8 Å². The van der Waals surface area contributed by atoms with Crippen LogP contribution >= 0.6 is 11.6 Å². The van der Waals surface area contributed by atoms with Crippen molar-refractivity contribution in [3.63, 3.8) is 0 Å². The first-order valence-electron chi connectivity index (χ1n) is 5.29. The second kappa shape index (κ2) is 7.36. The van der Waals surface area contributed by atoms with Crippen LogP contribution in [0.5, 0.6) is 0 Å². The van der Waals surface area contributed by atoms with Crippen LogP contribution < -0.4 is 5.32 Å². The van der Waals surface area contributed by atoms with Crippen molar-refractivity contribution < 1.29 is 9.18 Å². The first-order chi connectivity index (χ1) is 7.72. The number of benzene rings is 1. The number of aldehydes is 1. The van der Waals surface area contributed by atoms with Gasteiger partial charge in [0.1, 0.15) is 12.1 Å². The minimum atomic E-state index is -0.255. The standard InChI is InChI=1S/C6H4ClF.C6H11NO/c7-5-1-3-6(8)4-2-5;8-5-6-1-3-7-4-2-6/h1-4H;5-7H,1-4H2. The quantitative estimate of drug-likeness (QED) is 0.769. The molecule has 1 saturated heterocycles. The maximum Gasteiger partial charge on any atom is 0.123 e. The van der Waals surface area contributed by atoms with Crippen LogP contribution in [0, 0.1) is 11.7 Å². The molecule has 0 aromatic heterocycles. The summed E-state index contributed by atoms with van der Waals surface area (Å²) in [7, 11) is 0. The lowest BCUT2D eigenvalue weighted by atomic mass is 10.0. The maximum absolute atomic E-state index is 12.0. The van der Waals surface area contributed by atoms with E-state index in [9.17, 15) is 9.18 Å². The van der Waals surface area contributed by atoms with Gasteiger partial charge in [-0.05, 0) is 50.2 Å². The van der Waals surface area contributed by atoms with Crippen molar-refractivity contribution in [1.29, 1.82) is 0 Å². The Bertz CT molecular complexity index is 288. The molecule has 1 aliphatic heterocycles. The van der Waals surface area contributed by atoms with Gasteiger partial charge < -0.3 is 10.1 Å². The summed E-state index contributed by atoms with van der Waals surface area (Å²) in [6.07, 6.45) is 3.13. The maximum atomic E-state index is 12.0. The molecule has 0 radical (unpaired) electrons. The Labute approximate surface area is 99.8 Å². The molecule has 1 aromatic rings. The third-order valence-electron chi connectivity index (χ3n) is 2.38. The molecule has 1 aliphatic rings. The molecule has 2 nitrogen and oxygen atoms in total. The second-order valence-electron chi connectivity index (χ2n) is 3.66. The summed E-state index contributed by atoms with van der Waals surface area (Å²) in [5.74, 6) is 0.0886. The topological polar surface area (TPSA) is 29.1 Å². The van der Waals surface area contributed by atoms with Gasteiger partial charge in [-0.2, -0.15) is 0 Å². The summed E-state index contributed by atoms with van der Waals surface area (Å²) in [6.45, 7) is 2.03. The predicted octanol–water partition coefficient (Wildman–Crippen LogP) is 2.66. The van der Waals surface area contributed by atoms with E-state index < -0.39 is 0 Å². The average molecular weight is 244 g/mol. The number of nitrogens with one attached hydrogen (secondary N) is 1. The van der Waals surface area contributed by atoms with Crippen molar-refractivity contribution in [2.75, 3.05) is 13.1 Å². The lowest BCUT2D eigenvalue weighted by Crippen LogP contribution is -2.28. The van der Waals surface area contributed by atoms with E-state index in [4.69, 9.17) is 11.6 Å². The number of halogens is 2. The number of hydrogen-bond acceptors (Lipinski definition) is 2. The summed E-state index contributed by atoms with van der Waals surface area (Å²) in [5.41, 5.74) is 0. The average Bonchev–Trinajstić information content (AvgIpc) is 2.35. The Morgan fingerprint density at radius 2 is 1.81 bits per heavy atom. The fourth-order valence-electron chi connectivity index (χ4n) is 1.41. The van der Waals surface area contributed by atoms with E-state index in [2.05, 4.69) is 5.32 Å². The lowest BCUT2D eigenvalue weighted by Gasteiger charge is -2.16. The molecule has 0 saturated carbocycles. The van der Waals surface area contributed by atoms with Gasteiger partial charge in [0.15, 0.2) is 0 Å². The molecule has 1 fully saturated rings. The van der Waals surface area contributed by atoms with Crippen molar-refractivity contribution in [2.24, 2.45) is 5.92 Å². The fourth-order valence-corrected chi connectivity index (χ4v) is 1.54. The van der Waals surface area contributed by atoms with Gasteiger partial charge in [-0.1, -0.05) is 11.6 Å². The van der Waals surface area contributed by atoms with Crippen LogP contribution in [0.4, 0.5) is 4.39 Å². The molecule has 1 N–H and O–H groups in total. The van der Waals surface area contributed by atoms with E-state index >= 15 is 0 Å². The summed E-state index contributed by atoms with van der Waals surface area (Å²) < 4.78 is 12.0. The zero-order chi connectivity index (χ0) is 11.8. The Kier molecular flexibility index (Phi) is 6.04. The lowest BCUT2D eigenvalue weighted by molar-refractivity contribution is -0.111. The van der Waals surface area contributed by atoms with E-state index in [0.717, 1.165) is 32.2 Å². The van der Waals surface area contributed by atoms with E-state index in [1.54, 1.807) is 0 Å². The molecule has 0 aliphatic carbocycles. The van der Waals surface area contributed by atoms with Crippen LogP contribution in [0.2, 0.25) is 5.02 Å². The van der Waals surface area contributed by atoms with Gasteiger partial charge in [0, 0.05) is 10.9 Å². The Morgan fingerprint density at radius 3 is 2.19 bits per heavy atom. The SMILES string of the molecule is Fc1ccc(Cl)cc1.O=CC1CCNCC1. The molecule has 0 spiro atoms. The van der Waals surface area contributed by atoms with E-state index in [1.165, 1.54) is 24.3 Å². The Hall–Kier alpha value is -0.930. The molecule has 0 unspecified atom stereocenters. The van der Waals surface area contributed by atoms with Crippen molar-refractivity contribution >= 4 is 17.9 Å². The van der Waals surface area contributed by atoms with Gasteiger partial charge >= 0.3 is 0 Å². The molecule has 88 valence electrons. The van der Waals surface area contributed by atoms with Crippen LogP contribution in [-0.4, -0.2) is 19.4 Å². The highest BCUT2D eigenvalue weighted by Gasteiger charge is 2.09. The minimum absolute atomic E-state index is 0.255. The number of carbonyl (C=O) groups is 1. The van der Waals surface area contributed by atoms with Gasteiger partial charge in [-0.3, -0.25) is 0 Å². The summed E-state index contributed by atoms with van der Waals surface area (Å²) in [6, 6.07) is 5.67. The van der Waals surface area contributed by atoms with Gasteiger partial charge in [0.2, 0.25) is 0 Å². The fraction of sp³-hybridized carbons (Fsp3) is 0.417. The minimum Gasteiger partial charge on any atom is -0.317 e. The third kappa shape index (κ3) is 5.24. The molecular weight excluding hydrogens is 229 g/mol. The Morgan fingerprint density at radius 1 is 1.25 bits per heavy atom. The number of piperidine rings is 1. The third-order valence-corrected chi connectivity index (χ3v) is 2.63. The molecular formula is C12H15ClFNO. The van der Waals surface area contributed by atoms with Gasteiger partial charge in [-0.15, -0.1) is 0 Å². The van der Waals surface area contributed by atoms with Crippen LogP contribution in [0.1, 0.15) is 12.8 Å². The van der Waals surface area contributed by atoms with E-state index in [0.29, 0.717) is 10.9 Å². The van der Waals surface area contributed by atoms with E-state index in [-0.39, 0.29) is 5.82 Å². The van der Waals surface area contributed by atoms with Crippen molar-refractivity contribution in [3.05, 3.63) is 35.1 Å². The van der Waals surface area contributed by atoms with Crippen molar-refractivity contribution in [1.82, 2.24) is 5.32 Å². The molecule has 0 amide bonds. The van der Waals surface area contributed by atoms with Gasteiger partial charge in [-0.25, -0.2) is 4.39 Å². The summed E-state index contributed by atoms with van der Waals surface area (Å²) in [4.78, 5) is 10.1. The molecule has 1 heterocycles. The number of rotatable bonds is 1. The summed E-state index contributed by atoms with van der Waals surface area (Å²) >= 11 is 5.44. The zero-order valence-electron chi connectivity index (χ0n) is 8.96. The first-order valence-corrected chi connectivity index (χ1v) is 5.67. The molecule has 0 atom stereocenters.